The van der Waals surface area contributed by atoms with Gasteiger partial charge in [-0.2, -0.15) is 0 Å². The molecule has 1 rings (SSSR count). The zero-order valence-corrected chi connectivity index (χ0v) is 9.32. The molecule has 0 aliphatic carbocycles. The minimum atomic E-state index is -4.74. The average molecular weight is 285 g/mol. The monoisotopic (exact) mass is 284 g/mol. The zero-order valence-electron chi connectivity index (χ0n) is 7.73. The Bertz CT molecular complexity index is 368. The number of halogens is 4. The molecule has 0 saturated heterocycles. The first kappa shape index (κ1) is 12.1. The van der Waals surface area contributed by atoms with Crippen molar-refractivity contribution in [2.75, 3.05) is 5.73 Å². The highest BCUT2D eigenvalue weighted by molar-refractivity contribution is 9.08. The number of aromatic nitrogens is 1. The van der Waals surface area contributed by atoms with E-state index in [1.165, 1.54) is 0 Å². The van der Waals surface area contributed by atoms with Crippen LogP contribution >= 0.6 is 15.9 Å². The summed E-state index contributed by atoms with van der Waals surface area (Å²) in [5.74, 6) is -0.373. The number of nitrogens with zero attached hydrogens (tertiary/aromatic N) is 1. The summed E-state index contributed by atoms with van der Waals surface area (Å²) < 4.78 is 39.7. The molecule has 0 aromatic carbocycles. The first-order chi connectivity index (χ1) is 6.85. The zero-order chi connectivity index (χ0) is 11.6. The molecule has 0 atom stereocenters. The van der Waals surface area contributed by atoms with Gasteiger partial charge in [0, 0.05) is 10.9 Å². The van der Waals surface area contributed by atoms with Crippen LogP contribution in [0.4, 0.5) is 18.9 Å². The van der Waals surface area contributed by atoms with Gasteiger partial charge < -0.3 is 10.5 Å². The Hall–Kier alpha value is -0.980. The van der Waals surface area contributed by atoms with Crippen LogP contribution in [0.15, 0.2) is 6.20 Å². The molecule has 7 heteroatoms. The number of rotatable bonds is 2. The predicted octanol–water partition coefficient (Wildman–Crippen LogP) is 2.77. The van der Waals surface area contributed by atoms with E-state index in [-0.39, 0.29) is 22.3 Å². The number of hydrogen-bond acceptors (Lipinski definition) is 3. The van der Waals surface area contributed by atoms with Crippen molar-refractivity contribution < 1.29 is 17.9 Å². The molecule has 3 nitrogen and oxygen atoms in total. The molecular weight excluding hydrogens is 277 g/mol. The summed E-state index contributed by atoms with van der Waals surface area (Å²) in [4.78, 5) is 3.70. The van der Waals surface area contributed by atoms with Crippen molar-refractivity contribution in [1.82, 2.24) is 4.98 Å². The Morgan fingerprint density at radius 2 is 2.13 bits per heavy atom. The Kier molecular flexibility index (Phi) is 3.43. The fraction of sp³-hybridized carbons (Fsp3) is 0.375. The van der Waals surface area contributed by atoms with Crippen molar-refractivity contribution in [1.29, 1.82) is 0 Å². The van der Waals surface area contributed by atoms with Crippen LogP contribution in [0.25, 0.3) is 0 Å². The number of anilines is 1. The van der Waals surface area contributed by atoms with Crippen molar-refractivity contribution in [2.45, 2.75) is 18.6 Å². The fourth-order valence-electron chi connectivity index (χ4n) is 1.00. The molecule has 1 aromatic rings. The van der Waals surface area contributed by atoms with Gasteiger partial charge in [0.1, 0.15) is 0 Å². The van der Waals surface area contributed by atoms with Gasteiger partial charge >= 0.3 is 6.36 Å². The quantitative estimate of drug-likeness (QED) is 0.850. The van der Waals surface area contributed by atoms with E-state index < -0.39 is 6.36 Å². The third kappa shape index (κ3) is 2.98. The summed E-state index contributed by atoms with van der Waals surface area (Å²) in [5, 5.41) is 0.174. The van der Waals surface area contributed by atoms with E-state index in [1.54, 1.807) is 6.92 Å². The smallest absolute Gasteiger partial charge is 0.404 e. The Labute approximate surface area is 92.6 Å². The van der Waals surface area contributed by atoms with Crippen LogP contribution in [0.1, 0.15) is 11.3 Å². The molecule has 0 saturated carbocycles. The van der Waals surface area contributed by atoms with E-state index in [1.807, 2.05) is 0 Å². The minimum absolute atomic E-state index is 0.174. The van der Waals surface area contributed by atoms with Gasteiger partial charge in [0.05, 0.1) is 17.6 Å². The fourth-order valence-corrected chi connectivity index (χ4v) is 1.58. The Balaban J connectivity index is 3.14. The normalized spacial score (nSPS) is 11.5. The maximum Gasteiger partial charge on any atom is 0.573 e. The SMILES string of the molecule is Cc1ncc(OC(F)(F)F)c(CBr)c1N. The Morgan fingerprint density at radius 1 is 1.53 bits per heavy atom. The number of ether oxygens (including phenoxy) is 1. The van der Waals surface area contributed by atoms with E-state index >= 15 is 0 Å². The van der Waals surface area contributed by atoms with Crippen LogP contribution in [-0.4, -0.2) is 11.3 Å². The second kappa shape index (κ2) is 4.26. The van der Waals surface area contributed by atoms with Gasteiger partial charge in [-0.15, -0.1) is 13.2 Å². The highest BCUT2D eigenvalue weighted by Gasteiger charge is 2.32. The second-order valence-electron chi connectivity index (χ2n) is 2.78. The van der Waals surface area contributed by atoms with Crippen molar-refractivity contribution in [3.05, 3.63) is 17.5 Å². The van der Waals surface area contributed by atoms with Crippen LogP contribution in [0.3, 0.4) is 0 Å². The second-order valence-corrected chi connectivity index (χ2v) is 3.34. The lowest BCUT2D eigenvalue weighted by molar-refractivity contribution is -0.274. The Morgan fingerprint density at radius 3 is 2.60 bits per heavy atom. The summed E-state index contributed by atoms with van der Waals surface area (Å²) in [6.45, 7) is 1.61. The topological polar surface area (TPSA) is 48.1 Å². The number of nitrogens with two attached hydrogens (primary N) is 1. The molecule has 0 aliphatic heterocycles. The van der Waals surface area contributed by atoms with Crippen LogP contribution in [0.2, 0.25) is 0 Å². The summed E-state index contributed by atoms with van der Waals surface area (Å²) in [6, 6.07) is 0. The number of alkyl halides is 4. The maximum atomic E-state index is 12.0. The summed E-state index contributed by atoms with van der Waals surface area (Å²) in [7, 11) is 0. The highest BCUT2D eigenvalue weighted by Crippen LogP contribution is 2.31. The van der Waals surface area contributed by atoms with Crippen LogP contribution < -0.4 is 10.5 Å². The van der Waals surface area contributed by atoms with Crippen LogP contribution in [0, 0.1) is 6.92 Å². The first-order valence-corrected chi connectivity index (χ1v) is 5.03. The molecule has 0 radical (unpaired) electrons. The number of aryl methyl sites for hydroxylation is 1. The lowest BCUT2D eigenvalue weighted by atomic mass is 10.2. The molecule has 84 valence electrons. The van der Waals surface area contributed by atoms with Crippen molar-refractivity contribution in [3.8, 4) is 5.75 Å². The van der Waals surface area contributed by atoms with E-state index in [0.29, 0.717) is 5.69 Å². The third-order valence-corrected chi connectivity index (χ3v) is 2.31. The molecule has 0 fully saturated rings. The molecule has 0 amide bonds. The van der Waals surface area contributed by atoms with Crippen molar-refractivity contribution >= 4 is 21.6 Å². The van der Waals surface area contributed by atoms with Gasteiger partial charge in [-0.1, -0.05) is 15.9 Å². The van der Waals surface area contributed by atoms with Crippen LogP contribution in [-0.2, 0) is 5.33 Å². The molecule has 1 heterocycles. The molecule has 0 unspecified atom stereocenters. The molecule has 0 spiro atoms. The van der Waals surface area contributed by atoms with Gasteiger partial charge in [-0.25, -0.2) is 0 Å². The van der Waals surface area contributed by atoms with Crippen molar-refractivity contribution in [3.63, 3.8) is 0 Å². The standard InChI is InChI=1S/C8H8BrF3N2O/c1-4-7(13)5(2-9)6(3-14-4)15-8(10,11)12/h3H,2,13H2,1H3. The van der Waals surface area contributed by atoms with E-state index in [0.717, 1.165) is 6.20 Å². The van der Waals surface area contributed by atoms with Gasteiger partial charge in [0.25, 0.3) is 0 Å². The molecule has 0 aliphatic rings. The average Bonchev–Trinajstić information content (AvgIpc) is 2.10. The molecule has 2 N–H and O–H groups in total. The molecule has 15 heavy (non-hydrogen) atoms. The van der Waals surface area contributed by atoms with E-state index in [4.69, 9.17) is 5.73 Å². The van der Waals surface area contributed by atoms with Gasteiger partial charge in [-0.05, 0) is 6.92 Å². The van der Waals surface area contributed by atoms with Gasteiger partial charge in [0.2, 0.25) is 0 Å². The highest BCUT2D eigenvalue weighted by atomic mass is 79.9. The van der Waals surface area contributed by atoms with Gasteiger partial charge in [-0.3, -0.25) is 4.98 Å². The lowest BCUT2D eigenvalue weighted by Crippen LogP contribution is -2.18. The number of hydrogen-bond donors (Lipinski definition) is 1. The van der Waals surface area contributed by atoms with Crippen molar-refractivity contribution in [2.24, 2.45) is 0 Å². The predicted molar refractivity (Wildman–Crippen MR) is 52.7 cm³/mol. The molecule has 1 aromatic heterocycles. The van der Waals surface area contributed by atoms with Crippen LogP contribution in [0.5, 0.6) is 5.75 Å². The maximum absolute atomic E-state index is 12.0. The van der Waals surface area contributed by atoms with E-state index in [9.17, 15) is 13.2 Å². The summed E-state index contributed by atoms with van der Waals surface area (Å²) in [6.07, 6.45) is -3.73. The molecular formula is C8H8BrF3N2O. The molecule has 0 bridgehead atoms. The number of nitrogen functional groups attached to an aromatic ring is 1. The third-order valence-electron chi connectivity index (χ3n) is 1.75. The number of pyridine rings is 1. The summed E-state index contributed by atoms with van der Waals surface area (Å²) in [5.41, 5.74) is 6.50. The largest absolute Gasteiger partial charge is 0.573 e. The van der Waals surface area contributed by atoms with Gasteiger partial charge in [0.15, 0.2) is 5.75 Å². The lowest BCUT2D eigenvalue weighted by Gasteiger charge is -2.14. The first-order valence-electron chi connectivity index (χ1n) is 3.91. The van der Waals surface area contributed by atoms with E-state index in [2.05, 4.69) is 25.7 Å². The summed E-state index contributed by atoms with van der Waals surface area (Å²) >= 11 is 3.05. The minimum Gasteiger partial charge on any atom is -0.404 e.